The van der Waals surface area contributed by atoms with Gasteiger partial charge in [-0.15, -0.1) is 0 Å². The van der Waals surface area contributed by atoms with Crippen LogP contribution in [-0.2, 0) is 6.54 Å². The number of halogens is 1. The van der Waals surface area contributed by atoms with Gasteiger partial charge in [0.2, 0.25) is 0 Å². The molecule has 70 valence electrons. The van der Waals surface area contributed by atoms with Gasteiger partial charge in [0.25, 0.3) is 0 Å². The fourth-order valence-electron chi connectivity index (χ4n) is 1.34. The second kappa shape index (κ2) is 4.01. The van der Waals surface area contributed by atoms with Gasteiger partial charge < -0.3 is 0 Å². The van der Waals surface area contributed by atoms with Crippen molar-refractivity contribution in [2.75, 3.05) is 0 Å². The summed E-state index contributed by atoms with van der Waals surface area (Å²) in [6.45, 7) is 0.779. The predicted octanol–water partition coefficient (Wildman–Crippen LogP) is 2.16. The molecule has 0 saturated heterocycles. The van der Waals surface area contributed by atoms with Crippen molar-refractivity contribution >= 4 is 0 Å². The molecule has 0 bridgehead atoms. The average molecular weight is 188 g/mol. The summed E-state index contributed by atoms with van der Waals surface area (Å²) < 4.78 is 14.6. The molecule has 0 saturated carbocycles. The Bertz CT molecular complexity index is 394. The Kier molecular flexibility index (Phi) is 2.54. The average Bonchev–Trinajstić information content (AvgIpc) is 2.23. The molecule has 2 heteroatoms. The fourth-order valence-corrected chi connectivity index (χ4v) is 1.34. The van der Waals surface area contributed by atoms with Crippen LogP contribution in [0.1, 0.15) is 5.56 Å². The highest BCUT2D eigenvalue weighted by Crippen LogP contribution is 1.97. The van der Waals surface area contributed by atoms with Crippen LogP contribution in [0.5, 0.6) is 0 Å². The Morgan fingerprint density at radius 3 is 2.21 bits per heavy atom. The molecule has 0 aliphatic heterocycles. The van der Waals surface area contributed by atoms with E-state index in [1.807, 2.05) is 22.8 Å². The van der Waals surface area contributed by atoms with Gasteiger partial charge in [-0.25, -0.2) is 8.96 Å². The van der Waals surface area contributed by atoms with Crippen molar-refractivity contribution in [1.82, 2.24) is 0 Å². The van der Waals surface area contributed by atoms with Crippen molar-refractivity contribution in [3.8, 4) is 0 Å². The summed E-state index contributed by atoms with van der Waals surface area (Å²) in [5.74, 6) is -0.200. The lowest BCUT2D eigenvalue weighted by molar-refractivity contribution is -0.688. The summed E-state index contributed by atoms with van der Waals surface area (Å²) in [7, 11) is 0. The second-order valence-electron chi connectivity index (χ2n) is 3.17. The molecule has 0 aliphatic rings. The Hall–Kier alpha value is -1.70. The van der Waals surface area contributed by atoms with Crippen LogP contribution in [0, 0.1) is 5.82 Å². The van der Waals surface area contributed by atoms with E-state index >= 15 is 0 Å². The second-order valence-corrected chi connectivity index (χ2v) is 3.17. The van der Waals surface area contributed by atoms with E-state index in [9.17, 15) is 4.39 Å². The minimum atomic E-state index is -0.200. The minimum absolute atomic E-state index is 0.200. The molecular weight excluding hydrogens is 177 g/mol. The van der Waals surface area contributed by atoms with E-state index in [1.54, 1.807) is 12.4 Å². The van der Waals surface area contributed by atoms with Crippen LogP contribution in [0.4, 0.5) is 4.39 Å². The van der Waals surface area contributed by atoms with E-state index in [0.717, 1.165) is 6.54 Å². The van der Waals surface area contributed by atoms with Crippen LogP contribution in [0.15, 0.2) is 54.9 Å². The Morgan fingerprint density at radius 2 is 1.57 bits per heavy atom. The third kappa shape index (κ3) is 2.16. The fraction of sp³-hybridized carbons (Fsp3) is 0.0833. The summed E-state index contributed by atoms with van der Waals surface area (Å²) >= 11 is 0. The van der Waals surface area contributed by atoms with Crippen LogP contribution in [0.25, 0.3) is 0 Å². The lowest BCUT2D eigenvalue weighted by atomic mass is 10.2. The molecule has 1 aromatic carbocycles. The maximum Gasteiger partial charge on any atom is 0.173 e. The molecule has 0 N–H and O–H groups in total. The normalized spacial score (nSPS) is 10.1. The van der Waals surface area contributed by atoms with Gasteiger partial charge in [0, 0.05) is 17.7 Å². The van der Waals surface area contributed by atoms with Crippen molar-refractivity contribution in [1.29, 1.82) is 0 Å². The van der Waals surface area contributed by atoms with Gasteiger partial charge in [0.05, 0.1) is 0 Å². The van der Waals surface area contributed by atoms with E-state index in [-0.39, 0.29) is 5.82 Å². The van der Waals surface area contributed by atoms with Crippen molar-refractivity contribution in [3.63, 3.8) is 0 Å². The zero-order chi connectivity index (χ0) is 9.80. The Morgan fingerprint density at radius 1 is 0.929 bits per heavy atom. The van der Waals surface area contributed by atoms with E-state index in [4.69, 9.17) is 0 Å². The quantitative estimate of drug-likeness (QED) is 0.636. The molecule has 14 heavy (non-hydrogen) atoms. The van der Waals surface area contributed by atoms with Crippen molar-refractivity contribution < 1.29 is 8.96 Å². The van der Waals surface area contributed by atoms with Gasteiger partial charge in [0.15, 0.2) is 18.9 Å². The van der Waals surface area contributed by atoms with Crippen molar-refractivity contribution in [2.45, 2.75) is 6.54 Å². The maximum atomic E-state index is 12.6. The van der Waals surface area contributed by atoms with Crippen molar-refractivity contribution in [2.24, 2.45) is 0 Å². The highest BCUT2D eigenvalue weighted by molar-refractivity contribution is 5.13. The van der Waals surface area contributed by atoms with E-state index in [1.165, 1.54) is 17.7 Å². The van der Waals surface area contributed by atoms with Crippen LogP contribution in [-0.4, -0.2) is 0 Å². The third-order valence-corrected chi connectivity index (χ3v) is 2.06. The summed E-state index contributed by atoms with van der Waals surface area (Å²) in [6, 6.07) is 13.0. The predicted molar refractivity (Wildman–Crippen MR) is 52.1 cm³/mol. The zero-order valence-electron chi connectivity index (χ0n) is 7.73. The van der Waals surface area contributed by atoms with Gasteiger partial charge in [-0.3, -0.25) is 0 Å². The van der Waals surface area contributed by atoms with E-state index in [0.29, 0.717) is 0 Å². The molecule has 2 aromatic rings. The van der Waals surface area contributed by atoms with Gasteiger partial charge >= 0.3 is 0 Å². The minimum Gasteiger partial charge on any atom is -0.207 e. The molecule has 1 heterocycles. The molecule has 0 fully saturated rings. The van der Waals surface area contributed by atoms with Crippen LogP contribution >= 0.6 is 0 Å². The number of rotatable bonds is 2. The Balaban J connectivity index is 2.16. The Labute approximate surface area is 82.4 Å². The molecule has 0 atom stereocenters. The first-order valence-electron chi connectivity index (χ1n) is 4.53. The monoisotopic (exact) mass is 188 g/mol. The number of benzene rings is 1. The molecular formula is C12H11FN+. The van der Waals surface area contributed by atoms with E-state index < -0.39 is 0 Å². The first-order valence-corrected chi connectivity index (χ1v) is 4.53. The molecule has 0 unspecified atom stereocenters. The van der Waals surface area contributed by atoms with Gasteiger partial charge in [-0.1, -0.05) is 30.3 Å². The van der Waals surface area contributed by atoms with Gasteiger partial charge in [-0.2, -0.15) is 0 Å². The summed E-state index contributed by atoms with van der Waals surface area (Å²) in [5, 5.41) is 0. The molecule has 2 rings (SSSR count). The van der Waals surface area contributed by atoms with Crippen molar-refractivity contribution in [3.05, 3.63) is 66.2 Å². The zero-order valence-corrected chi connectivity index (χ0v) is 7.73. The van der Waals surface area contributed by atoms with Gasteiger partial charge in [-0.05, 0) is 0 Å². The number of hydrogen-bond donors (Lipinski definition) is 0. The van der Waals surface area contributed by atoms with E-state index in [2.05, 4.69) is 12.1 Å². The molecule has 1 nitrogen and oxygen atoms in total. The topological polar surface area (TPSA) is 3.88 Å². The maximum absolute atomic E-state index is 12.6. The van der Waals surface area contributed by atoms with Gasteiger partial charge in [0.1, 0.15) is 5.82 Å². The molecule has 0 spiro atoms. The number of hydrogen-bond acceptors (Lipinski definition) is 0. The van der Waals surface area contributed by atoms with Crippen LogP contribution in [0.2, 0.25) is 0 Å². The standard InChI is InChI=1S/C12H11FN/c13-12-6-8-14(9-7-12)10-11-4-2-1-3-5-11/h1-9H,10H2/q+1. The molecule has 1 aromatic heterocycles. The third-order valence-electron chi connectivity index (χ3n) is 2.06. The summed E-state index contributed by atoms with van der Waals surface area (Å²) in [6.07, 6.45) is 3.48. The number of nitrogens with zero attached hydrogens (tertiary/aromatic N) is 1. The molecule has 0 aliphatic carbocycles. The lowest BCUT2D eigenvalue weighted by Gasteiger charge is -1.96. The summed E-state index contributed by atoms with van der Waals surface area (Å²) in [5.41, 5.74) is 1.21. The first-order chi connectivity index (χ1) is 6.84. The largest absolute Gasteiger partial charge is 0.207 e. The SMILES string of the molecule is Fc1cc[n+](Cc2ccccc2)cc1. The highest BCUT2D eigenvalue weighted by atomic mass is 19.1. The smallest absolute Gasteiger partial charge is 0.173 e. The molecule has 0 radical (unpaired) electrons. The first kappa shape index (κ1) is 8.88. The van der Waals surface area contributed by atoms with Crippen LogP contribution in [0.3, 0.4) is 0 Å². The number of aromatic nitrogens is 1. The number of pyridine rings is 1. The highest BCUT2D eigenvalue weighted by Gasteiger charge is 2.01. The lowest BCUT2D eigenvalue weighted by Crippen LogP contribution is -2.33. The molecule has 0 amide bonds. The summed E-state index contributed by atoms with van der Waals surface area (Å²) in [4.78, 5) is 0. The van der Waals surface area contributed by atoms with Crippen LogP contribution < -0.4 is 4.57 Å².